The number of allylic oxidation sites excluding steroid dienone is 4. The van der Waals surface area contributed by atoms with E-state index in [1.54, 1.807) is 16.7 Å². The van der Waals surface area contributed by atoms with Crippen molar-refractivity contribution < 1.29 is 0 Å². The third kappa shape index (κ3) is 3.28. The van der Waals surface area contributed by atoms with Crippen LogP contribution in [0.1, 0.15) is 47.9 Å². The highest BCUT2D eigenvalue weighted by Crippen LogP contribution is 2.40. The molecule has 0 spiro atoms. The molecule has 1 nitrogen and oxygen atoms in total. The maximum atomic E-state index is 6.14. The average Bonchev–Trinajstić information content (AvgIpc) is 2.69. The SMILES string of the molecule is C1=CCCC=C1.Nc1cccc2c1CCc1c-2ccc2c1CCCC2. The monoisotopic (exact) mass is 329 g/mol. The highest BCUT2D eigenvalue weighted by Gasteiger charge is 2.22. The first-order valence-corrected chi connectivity index (χ1v) is 9.67. The number of aryl methyl sites for hydroxylation is 1. The van der Waals surface area contributed by atoms with Gasteiger partial charge in [-0.3, -0.25) is 0 Å². The smallest absolute Gasteiger partial charge is 0.0352 e. The molecule has 3 aliphatic carbocycles. The molecule has 1 heteroatoms. The van der Waals surface area contributed by atoms with Gasteiger partial charge in [0.05, 0.1) is 0 Å². The lowest BCUT2D eigenvalue weighted by atomic mass is 9.78. The summed E-state index contributed by atoms with van der Waals surface area (Å²) in [5, 5.41) is 0. The van der Waals surface area contributed by atoms with Gasteiger partial charge in [-0.05, 0) is 90.8 Å². The minimum absolute atomic E-state index is 0.959. The molecule has 0 unspecified atom stereocenters. The second kappa shape index (κ2) is 7.31. The number of nitrogen functional groups attached to an aromatic ring is 1. The summed E-state index contributed by atoms with van der Waals surface area (Å²) in [5.74, 6) is 0. The van der Waals surface area contributed by atoms with Crippen molar-refractivity contribution in [2.24, 2.45) is 0 Å². The standard InChI is InChI=1S/C18H19N.C6H8/c19-18-7-3-6-14-16-9-8-12-4-1-2-5-13(12)15(16)10-11-17(14)18;1-2-4-6-5-3-1/h3,6-9H,1-2,4-5,10-11,19H2;1-4H,5-6H2. The minimum atomic E-state index is 0.959. The molecule has 0 amide bonds. The molecule has 0 saturated carbocycles. The lowest BCUT2D eigenvalue weighted by Gasteiger charge is -2.27. The topological polar surface area (TPSA) is 26.0 Å². The van der Waals surface area contributed by atoms with E-state index in [-0.39, 0.29) is 0 Å². The molecular formula is C24H27N. The van der Waals surface area contributed by atoms with E-state index in [0.717, 1.165) is 12.1 Å². The van der Waals surface area contributed by atoms with Crippen LogP contribution >= 0.6 is 0 Å². The van der Waals surface area contributed by atoms with Crippen molar-refractivity contribution >= 4 is 5.69 Å². The first-order chi connectivity index (χ1) is 12.3. The Morgan fingerprint density at radius 1 is 0.640 bits per heavy atom. The highest BCUT2D eigenvalue weighted by molar-refractivity contribution is 5.79. The van der Waals surface area contributed by atoms with E-state index in [9.17, 15) is 0 Å². The highest BCUT2D eigenvalue weighted by atomic mass is 14.6. The molecule has 3 aliphatic rings. The maximum absolute atomic E-state index is 6.14. The Morgan fingerprint density at radius 2 is 1.36 bits per heavy atom. The Morgan fingerprint density at radius 3 is 2.12 bits per heavy atom. The van der Waals surface area contributed by atoms with Crippen LogP contribution in [0.3, 0.4) is 0 Å². The zero-order valence-corrected chi connectivity index (χ0v) is 14.9. The van der Waals surface area contributed by atoms with E-state index in [2.05, 4.69) is 48.6 Å². The largest absolute Gasteiger partial charge is 0.398 e. The first-order valence-electron chi connectivity index (χ1n) is 9.67. The van der Waals surface area contributed by atoms with Gasteiger partial charge in [0.1, 0.15) is 0 Å². The van der Waals surface area contributed by atoms with E-state index in [4.69, 9.17) is 5.73 Å². The van der Waals surface area contributed by atoms with Crippen molar-refractivity contribution in [3.8, 4) is 11.1 Å². The van der Waals surface area contributed by atoms with Gasteiger partial charge in [-0.2, -0.15) is 0 Å². The van der Waals surface area contributed by atoms with Gasteiger partial charge in [-0.15, -0.1) is 0 Å². The molecule has 2 aromatic rings. The van der Waals surface area contributed by atoms with Crippen molar-refractivity contribution in [2.75, 3.05) is 5.73 Å². The molecule has 0 heterocycles. The summed E-state index contributed by atoms with van der Waals surface area (Å²) in [4.78, 5) is 0. The number of rotatable bonds is 0. The fraction of sp³-hybridized carbons (Fsp3) is 0.333. The van der Waals surface area contributed by atoms with E-state index in [1.165, 1.54) is 61.6 Å². The van der Waals surface area contributed by atoms with Crippen LogP contribution in [0.15, 0.2) is 54.6 Å². The van der Waals surface area contributed by atoms with Gasteiger partial charge in [-0.25, -0.2) is 0 Å². The van der Waals surface area contributed by atoms with Gasteiger partial charge < -0.3 is 5.73 Å². The third-order valence-corrected chi connectivity index (χ3v) is 5.66. The summed E-state index contributed by atoms with van der Waals surface area (Å²) < 4.78 is 0. The van der Waals surface area contributed by atoms with Gasteiger partial charge in [0.25, 0.3) is 0 Å². The van der Waals surface area contributed by atoms with E-state index in [0.29, 0.717) is 0 Å². The molecule has 2 aromatic carbocycles. The predicted octanol–water partition coefficient (Wildman–Crippen LogP) is 5.81. The molecule has 0 fully saturated rings. The number of hydrogen-bond donors (Lipinski definition) is 1. The van der Waals surface area contributed by atoms with Crippen molar-refractivity contribution in [3.05, 3.63) is 76.9 Å². The molecule has 2 N–H and O–H groups in total. The number of benzene rings is 2. The lowest BCUT2D eigenvalue weighted by molar-refractivity contribution is 0.676. The lowest BCUT2D eigenvalue weighted by Crippen LogP contribution is -2.13. The molecule has 0 bridgehead atoms. The van der Waals surface area contributed by atoms with Crippen LogP contribution in [-0.4, -0.2) is 0 Å². The zero-order chi connectivity index (χ0) is 17.1. The van der Waals surface area contributed by atoms with Gasteiger partial charge in [0.15, 0.2) is 0 Å². The van der Waals surface area contributed by atoms with Gasteiger partial charge in [0, 0.05) is 5.69 Å². The maximum Gasteiger partial charge on any atom is 0.0352 e. The second-order valence-electron chi connectivity index (χ2n) is 7.24. The van der Waals surface area contributed by atoms with Crippen LogP contribution in [-0.2, 0) is 25.7 Å². The molecule has 0 saturated heterocycles. The summed E-state index contributed by atoms with van der Waals surface area (Å²) in [6.45, 7) is 0. The van der Waals surface area contributed by atoms with Crippen LogP contribution in [0.25, 0.3) is 11.1 Å². The number of hydrogen-bond acceptors (Lipinski definition) is 1. The summed E-state index contributed by atoms with van der Waals surface area (Å²) in [6.07, 6.45) is 18.5. The average molecular weight is 329 g/mol. The summed E-state index contributed by atoms with van der Waals surface area (Å²) in [6, 6.07) is 11.0. The molecule has 0 atom stereocenters. The minimum Gasteiger partial charge on any atom is -0.398 e. The van der Waals surface area contributed by atoms with Gasteiger partial charge in [-0.1, -0.05) is 48.6 Å². The predicted molar refractivity (Wildman–Crippen MR) is 108 cm³/mol. The van der Waals surface area contributed by atoms with Crippen molar-refractivity contribution in [1.29, 1.82) is 0 Å². The van der Waals surface area contributed by atoms with E-state index < -0.39 is 0 Å². The fourth-order valence-electron chi connectivity index (χ4n) is 4.37. The van der Waals surface area contributed by atoms with Crippen LogP contribution in [0.4, 0.5) is 5.69 Å². The molecule has 128 valence electrons. The van der Waals surface area contributed by atoms with Crippen LogP contribution in [0, 0.1) is 0 Å². The van der Waals surface area contributed by atoms with Gasteiger partial charge >= 0.3 is 0 Å². The third-order valence-electron chi connectivity index (χ3n) is 5.66. The number of nitrogens with two attached hydrogens (primary N) is 1. The summed E-state index contributed by atoms with van der Waals surface area (Å²) >= 11 is 0. The molecule has 0 aliphatic heterocycles. The van der Waals surface area contributed by atoms with Crippen molar-refractivity contribution in [1.82, 2.24) is 0 Å². The Kier molecular flexibility index (Phi) is 4.74. The summed E-state index contributed by atoms with van der Waals surface area (Å²) in [5.41, 5.74) is 16.1. The van der Waals surface area contributed by atoms with Crippen molar-refractivity contribution in [3.63, 3.8) is 0 Å². The Hall–Kier alpha value is -2.28. The number of anilines is 1. The first kappa shape index (κ1) is 16.2. The normalized spacial score (nSPS) is 17.0. The second-order valence-corrected chi connectivity index (χ2v) is 7.24. The van der Waals surface area contributed by atoms with E-state index in [1.807, 2.05) is 6.07 Å². The molecular weight excluding hydrogens is 302 g/mol. The zero-order valence-electron chi connectivity index (χ0n) is 14.9. The van der Waals surface area contributed by atoms with Crippen LogP contribution in [0.5, 0.6) is 0 Å². The molecule has 5 rings (SSSR count). The van der Waals surface area contributed by atoms with Crippen molar-refractivity contribution in [2.45, 2.75) is 51.4 Å². The summed E-state index contributed by atoms with van der Waals surface area (Å²) in [7, 11) is 0. The molecule has 0 radical (unpaired) electrons. The van der Waals surface area contributed by atoms with Gasteiger partial charge in [0.2, 0.25) is 0 Å². The van der Waals surface area contributed by atoms with Crippen LogP contribution < -0.4 is 5.73 Å². The van der Waals surface area contributed by atoms with Crippen LogP contribution in [0.2, 0.25) is 0 Å². The Balaban J connectivity index is 0.000000223. The quantitative estimate of drug-likeness (QED) is 0.607. The fourth-order valence-corrected chi connectivity index (χ4v) is 4.37. The number of fused-ring (bicyclic) bond motifs is 5. The Bertz CT molecular complexity index is 814. The molecule has 0 aromatic heterocycles. The Labute approximate surface area is 151 Å². The molecule has 25 heavy (non-hydrogen) atoms. The van der Waals surface area contributed by atoms with E-state index >= 15 is 0 Å².